The lowest BCUT2D eigenvalue weighted by atomic mass is 9.94. The van der Waals surface area contributed by atoms with Crippen LogP contribution >= 0.6 is 0 Å². The predicted octanol–water partition coefficient (Wildman–Crippen LogP) is 9.65. The second-order valence-electron chi connectivity index (χ2n) is 8.56. The summed E-state index contributed by atoms with van der Waals surface area (Å²) in [6.45, 7) is 0. The molecule has 0 heterocycles. The number of rotatable bonds is 1. The summed E-state index contributed by atoms with van der Waals surface area (Å²) < 4.78 is 0. The van der Waals surface area contributed by atoms with Gasteiger partial charge in [0.25, 0.3) is 0 Å². The van der Waals surface area contributed by atoms with Crippen LogP contribution < -0.4 is 0 Å². The van der Waals surface area contributed by atoms with E-state index in [0.29, 0.717) is 0 Å². The standard InChI is InChI=1S/C20H14.C14H10/c1-3-11-17-15(7-1)9-5-13-19(17)20-14-6-10-16-8-2-4-12-18(16)20;1-3-7-13-11(5-1)9-10-12-6-2-4-8-14(12)13/h1-14H;1-10H. The van der Waals surface area contributed by atoms with Crippen molar-refractivity contribution in [2.75, 3.05) is 0 Å². The molecule has 34 heavy (non-hydrogen) atoms. The Hall–Kier alpha value is -4.42. The number of benzene rings is 7. The summed E-state index contributed by atoms with van der Waals surface area (Å²) in [5.41, 5.74) is 2.61. The van der Waals surface area contributed by atoms with Gasteiger partial charge in [-0.2, -0.15) is 0 Å². The zero-order chi connectivity index (χ0) is 22.7. The lowest BCUT2D eigenvalue weighted by Gasteiger charge is -2.10. The Morgan fingerprint density at radius 2 is 0.500 bits per heavy atom. The van der Waals surface area contributed by atoms with Crippen molar-refractivity contribution in [3.63, 3.8) is 0 Å². The first kappa shape index (κ1) is 20.2. The molecule has 0 heteroatoms. The van der Waals surface area contributed by atoms with E-state index in [1.165, 1.54) is 54.2 Å². The van der Waals surface area contributed by atoms with Crippen LogP contribution in [0.1, 0.15) is 0 Å². The minimum atomic E-state index is 1.29. The molecule has 7 rings (SSSR count). The van der Waals surface area contributed by atoms with Crippen LogP contribution in [0, 0.1) is 0 Å². The monoisotopic (exact) mass is 432 g/mol. The highest BCUT2D eigenvalue weighted by molar-refractivity contribution is 6.07. The van der Waals surface area contributed by atoms with Crippen molar-refractivity contribution in [1.82, 2.24) is 0 Å². The van der Waals surface area contributed by atoms with Gasteiger partial charge in [0.2, 0.25) is 0 Å². The van der Waals surface area contributed by atoms with Gasteiger partial charge >= 0.3 is 0 Å². The Labute approximate surface area is 199 Å². The van der Waals surface area contributed by atoms with Crippen molar-refractivity contribution in [3.05, 3.63) is 146 Å². The van der Waals surface area contributed by atoms with Gasteiger partial charge in [-0.3, -0.25) is 0 Å². The third kappa shape index (κ3) is 3.70. The molecule has 160 valence electrons. The Bertz CT molecular complexity index is 1610. The van der Waals surface area contributed by atoms with Crippen molar-refractivity contribution in [2.45, 2.75) is 0 Å². The molecule has 0 N–H and O–H groups in total. The van der Waals surface area contributed by atoms with Crippen molar-refractivity contribution < 1.29 is 0 Å². The first-order valence-electron chi connectivity index (χ1n) is 11.7. The van der Waals surface area contributed by atoms with Crippen molar-refractivity contribution in [1.29, 1.82) is 0 Å². The molecule has 7 aromatic carbocycles. The van der Waals surface area contributed by atoms with Crippen LogP contribution in [0.15, 0.2) is 146 Å². The molecule has 0 spiro atoms. The van der Waals surface area contributed by atoms with E-state index >= 15 is 0 Å². The quantitative estimate of drug-likeness (QED) is 0.226. The van der Waals surface area contributed by atoms with E-state index in [1.54, 1.807) is 0 Å². The summed E-state index contributed by atoms with van der Waals surface area (Å²) in [5.74, 6) is 0. The molecule has 0 aliphatic rings. The molecule has 7 aromatic rings. The van der Waals surface area contributed by atoms with E-state index in [1.807, 2.05) is 0 Å². The lowest BCUT2D eigenvalue weighted by Crippen LogP contribution is -1.83. The van der Waals surface area contributed by atoms with Gasteiger partial charge in [-0.05, 0) is 54.2 Å². The molecular formula is C34H24. The highest BCUT2D eigenvalue weighted by atomic mass is 14.1. The minimum Gasteiger partial charge on any atom is -0.0616 e. The molecular weight excluding hydrogens is 408 g/mol. The molecule has 0 aliphatic heterocycles. The number of fused-ring (bicyclic) bond motifs is 5. The lowest BCUT2D eigenvalue weighted by molar-refractivity contribution is 1.68. The molecule has 0 aliphatic carbocycles. The summed E-state index contributed by atoms with van der Waals surface area (Å²) in [6.07, 6.45) is 0. The van der Waals surface area contributed by atoms with Crippen LogP contribution in [0.3, 0.4) is 0 Å². The Kier molecular flexibility index (Phi) is 5.26. The second-order valence-corrected chi connectivity index (χ2v) is 8.56. The SMILES string of the molecule is c1ccc2c(-c3cccc4ccccc34)cccc2c1.c1ccc2c(c1)ccc1ccccc12. The van der Waals surface area contributed by atoms with Crippen LogP contribution in [-0.4, -0.2) is 0 Å². The first-order valence-corrected chi connectivity index (χ1v) is 11.7. The van der Waals surface area contributed by atoms with Gasteiger partial charge in [-0.25, -0.2) is 0 Å². The summed E-state index contributed by atoms with van der Waals surface area (Å²) in [4.78, 5) is 0. The molecule has 0 saturated carbocycles. The van der Waals surface area contributed by atoms with Crippen LogP contribution in [-0.2, 0) is 0 Å². The molecule has 0 saturated heterocycles. The molecule has 0 aromatic heterocycles. The van der Waals surface area contributed by atoms with Gasteiger partial charge in [0, 0.05) is 0 Å². The summed E-state index contributed by atoms with van der Waals surface area (Å²) in [6, 6.07) is 51.6. The Morgan fingerprint density at radius 1 is 0.206 bits per heavy atom. The molecule has 0 nitrogen and oxygen atoms in total. The van der Waals surface area contributed by atoms with Gasteiger partial charge in [-0.1, -0.05) is 146 Å². The van der Waals surface area contributed by atoms with E-state index in [2.05, 4.69) is 146 Å². The van der Waals surface area contributed by atoms with Crippen LogP contribution in [0.25, 0.3) is 54.2 Å². The number of hydrogen-bond donors (Lipinski definition) is 0. The molecule has 0 atom stereocenters. The second kappa shape index (κ2) is 8.84. The Morgan fingerprint density at radius 3 is 0.912 bits per heavy atom. The predicted molar refractivity (Wildman–Crippen MR) is 148 cm³/mol. The maximum absolute atomic E-state index is 2.21. The van der Waals surface area contributed by atoms with Gasteiger partial charge < -0.3 is 0 Å². The van der Waals surface area contributed by atoms with Crippen LogP contribution in [0.2, 0.25) is 0 Å². The molecule has 0 amide bonds. The van der Waals surface area contributed by atoms with Crippen LogP contribution in [0.4, 0.5) is 0 Å². The van der Waals surface area contributed by atoms with E-state index < -0.39 is 0 Å². The molecule has 0 bridgehead atoms. The maximum atomic E-state index is 2.21. The fraction of sp³-hybridized carbons (Fsp3) is 0. The Balaban J connectivity index is 0.000000136. The third-order valence-electron chi connectivity index (χ3n) is 6.52. The highest BCUT2D eigenvalue weighted by Gasteiger charge is 2.06. The summed E-state index contributed by atoms with van der Waals surface area (Å²) in [5, 5.41) is 10.5. The molecule has 0 fully saturated rings. The van der Waals surface area contributed by atoms with Crippen molar-refractivity contribution in [2.24, 2.45) is 0 Å². The van der Waals surface area contributed by atoms with Crippen molar-refractivity contribution >= 4 is 43.1 Å². The average molecular weight is 433 g/mol. The molecule has 0 radical (unpaired) electrons. The highest BCUT2D eigenvalue weighted by Crippen LogP contribution is 2.33. The summed E-state index contributed by atoms with van der Waals surface area (Å²) >= 11 is 0. The average Bonchev–Trinajstić information content (AvgIpc) is 2.93. The van der Waals surface area contributed by atoms with Gasteiger partial charge in [0.1, 0.15) is 0 Å². The fourth-order valence-corrected chi connectivity index (χ4v) is 4.88. The fourth-order valence-electron chi connectivity index (χ4n) is 4.88. The normalized spacial score (nSPS) is 10.9. The third-order valence-corrected chi connectivity index (χ3v) is 6.52. The van der Waals surface area contributed by atoms with E-state index in [0.717, 1.165) is 0 Å². The topological polar surface area (TPSA) is 0 Å². The van der Waals surface area contributed by atoms with Crippen molar-refractivity contribution in [3.8, 4) is 11.1 Å². The van der Waals surface area contributed by atoms with Gasteiger partial charge in [0.15, 0.2) is 0 Å². The smallest absolute Gasteiger partial charge is 0.00992 e. The molecule has 0 unspecified atom stereocenters. The zero-order valence-corrected chi connectivity index (χ0v) is 18.9. The first-order chi connectivity index (χ1) is 16.9. The van der Waals surface area contributed by atoms with E-state index in [4.69, 9.17) is 0 Å². The van der Waals surface area contributed by atoms with Crippen LogP contribution in [0.5, 0.6) is 0 Å². The number of hydrogen-bond acceptors (Lipinski definition) is 0. The van der Waals surface area contributed by atoms with E-state index in [9.17, 15) is 0 Å². The maximum Gasteiger partial charge on any atom is -0.00992 e. The zero-order valence-electron chi connectivity index (χ0n) is 18.9. The van der Waals surface area contributed by atoms with Gasteiger partial charge in [-0.15, -0.1) is 0 Å². The summed E-state index contributed by atoms with van der Waals surface area (Å²) in [7, 11) is 0. The van der Waals surface area contributed by atoms with Gasteiger partial charge in [0.05, 0.1) is 0 Å². The largest absolute Gasteiger partial charge is 0.0616 e. The minimum absolute atomic E-state index is 1.29. The van der Waals surface area contributed by atoms with E-state index in [-0.39, 0.29) is 0 Å².